The van der Waals surface area contributed by atoms with Gasteiger partial charge in [0.1, 0.15) is 68.9 Å². The number of benzene rings is 2. The van der Waals surface area contributed by atoms with Crippen LogP contribution in [0.5, 0.6) is 0 Å². The van der Waals surface area contributed by atoms with Crippen molar-refractivity contribution in [2.45, 2.75) is 214 Å². The number of hydrogen-bond donors (Lipinski definition) is 9. The van der Waals surface area contributed by atoms with Crippen molar-refractivity contribution < 1.29 is 78.5 Å². The van der Waals surface area contributed by atoms with Gasteiger partial charge in [-0.05, 0) is 329 Å². The molecule has 3 aliphatic rings. The Balaban J connectivity index is 0.000000160. The number of aromatic amines is 4. The Morgan fingerprint density at radius 3 is 1.41 bits per heavy atom. The number of fused-ring (bicyclic) bond motifs is 7. The first-order valence-electron chi connectivity index (χ1n) is 44.7. The number of alkyl halides is 5. The van der Waals surface area contributed by atoms with E-state index in [1.807, 2.05) is 91.8 Å². The van der Waals surface area contributed by atoms with Crippen LogP contribution in [0.15, 0.2) is 166 Å². The monoisotopic (exact) mass is 2210 g/mol. The highest BCUT2D eigenvalue weighted by Crippen LogP contribution is 2.68. The molecular weight excluding hydrogens is 2120 g/mol. The second kappa shape index (κ2) is 44.1. The van der Waals surface area contributed by atoms with Crippen LogP contribution in [0.3, 0.4) is 0 Å². The normalized spacial score (nSPS) is 15.1. The number of aliphatic carboxylic acids is 1. The number of carbonyl (C=O) groups excluding carboxylic acids is 1. The molecule has 0 bridgehead atoms. The van der Waals surface area contributed by atoms with Gasteiger partial charge in [0.05, 0.1) is 52.1 Å². The number of nitrogens with one attached hydrogen (secondary N) is 4. The molecule has 2 aliphatic carbocycles. The highest BCUT2D eigenvalue weighted by atomic mass is 79.9. The number of halogens is 13. The van der Waals surface area contributed by atoms with Gasteiger partial charge in [0.15, 0.2) is 28.3 Å². The standard InChI is InChI=1S/C31H32F2N4O4.C25H23F2N5O2.C13H18BN3O3.C10H7F5N2O2.C7H6BrN3O.C7H9BrN2.C6H5BrClN/c1-18-24(9-10-26-35-36-29(39)37(18)26)25-8-7-23(11-12-31(5,6)40)34-28(25)20(16-27(38)41-30(2,3)4)13-19-14-21(32)17-22(33)15-19;1-14-19(6-7-22-30-31-24(33)32(14)22)20-5-4-18(8-9-25(2,3)34)29-23(20)21(28)12-15-10-16(26)13-17(27)11-15;1-8-9(6-7-10-15-16-11(18)17(8)10)14-19-12(2,3)13(4,5)20-14;11-9(12)4-1-3(4)6-7(10(13,14)15)16-17(8(6)9)2-5(18)19;1-4-5(8)2-3-6-9-10-7(12)11(4)6;1-5-7(8)3-2-6(4-9)10-5;1-4-5(7)2-3-6(8)9-4/h7-10,14-15,17,20,40H,13,16H2,1-6H3,(H,36,39);4-7,10-11,13,21,34H,12,28H2,1-3H3,(H,31,33);6-7H,1-5H3,(H,16,18);3-4H,1-2H2,(H,18,19);2-3H,1H3,(H,10,12);2-3H,4,9H2,1H3;2-3H,1H3/t20-;21-;;3-,4+;;;/m10.0.../s1. The Labute approximate surface area is 853 Å². The highest BCUT2D eigenvalue weighted by molar-refractivity contribution is 9.11. The molecule has 0 amide bonds. The number of rotatable bonds is 14. The zero-order valence-corrected chi connectivity index (χ0v) is 86.7. The summed E-state index contributed by atoms with van der Waals surface area (Å²) in [6.07, 6.45) is -4.85. The maximum absolute atomic E-state index is 14.2. The van der Waals surface area contributed by atoms with E-state index in [1.165, 1.54) is 41.9 Å². The van der Waals surface area contributed by atoms with Gasteiger partial charge in [0.2, 0.25) is 0 Å². The summed E-state index contributed by atoms with van der Waals surface area (Å²) in [5, 5.41) is 57.7. The maximum atomic E-state index is 14.2. The van der Waals surface area contributed by atoms with E-state index in [4.69, 9.17) is 47.2 Å². The molecular formula is C99H100BBr3ClF9N20O12. The molecule has 0 unspecified atom stereocenters. The number of H-pyrrole nitrogens is 4. The first-order chi connectivity index (χ1) is 67.6. The first kappa shape index (κ1) is 111. The molecule has 1 aliphatic heterocycles. The molecule has 14 heterocycles. The van der Waals surface area contributed by atoms with Crippen LogP contribution in [-0.4, -0.2) is 150 Å². The zero-order valence-electron chi connectivity index (χ0n) is 81.2. The Morgan fingerprint density at radius 2 is 0.979 bits per heavy atom. The van der Waals surface area contributed by atoms with E-state index < -0.39 is 135 Å². The molecule has 15 aromatic rings. The average Bonchev–Trinajstić information content (AvgIpc) is 1.51. The number of pyridine rings is 8. The number of carboxylic acid groups (broad SMARTS) is 1. The molecule has 762 valence electrons. The molecule has 0 spiro atoms. The van der Waals surface area contributed by atoms with Crippen molar-refractivity contribution >= 4 is 106 Å². The largest absolute Gasteiger partial charge is 0.496 e. The minimum absolute atomic E-state index is 0.0121. The van der Waals surface area contributed by atoms with Crippen molar-refractivity contribution in [2.75, 3.05) is 0 Å². The number of carbonyl (C=O) groups is 2. The molecule has 145 heavy (non-hydrogen) atoms. The van der Waals surface area contributed by atoms with E-state index >= 15 is 0 Å². The van der Waals surface area contributed by atoms with Gasteiger partial charge in [-0.15, -0.1) is 0 Å². The summed E-state index contributed by atoms with van der Waals surface area (Å²) in [5.41, 5.74) is 17.3. The van der Waals surface area contributed by atoms with Crippen molar-refractivity contribution in [2.24, 2.45) is 17.4 Å². The van der Waals surface area contributed by atoms with Crippen molar-refractivity contribution in [3.8, 4) is 45.9 Å². The van der Waals surface area contributed by atoms with Gasteiger partial charge in [-0.25, -0.2) is 89.7 Å². The smallest absolute Gasteiger partial charge is 0.480 e. The first-order valence-corrected chi connectivity index (χ1v) is 47.4. The van der Waals surface area contributed by atoms with E-state index in [9.17, 15) is 78.5 Å². The molecule has 4 atom stereocenters. The third-order valence-electron chi connectivity index (χ3n) is 23.3. The number of hydrogen-bond acceptors (Lipinski definition) is 22. The topological polar surface area (TPSA) is 445 Å². The number of nitrogens with two attached hydrogens (primary N) is 2. The van der Waals surface area contributed by atoms with E-state index in [1.54, 1.807) is 123 Å². The third kappa shape index (κ3) is 26.8. The zero-order chi connectivity index (χ0) is 107. The molecule has 1 saturated heterocycles. The SMILES string of the molecule is Cc1c(-c2ccc(C#CC(C)(C)O)nc2[C@@H](CC(=O)OC(C)(C)C)Cc2cc(F)cc(F)c2)ccc2n[nH]c(=O)n12.Cc1c(-c2ccc(C#CC(C)(C)O)nc2[C@@H](N)Cc2cc(F)cc(F)c2)ccc2n[nH]c(=O)n12.Cc1c(B2OC(C)(C)C(C)(C)O2)ccc2n[nH]c(=O)n12.Cc1c(Br)ccc2n[nH]c(=O)n12.Cc1nc(CN)ccc1Br.Cc1nc(Cl)ccc1Br.O=C(O)Cn1nc(C(F)(F)F)c2c1C(F)(F)[C@@H]1C[C@H]21. The number of aryl methyl sites for hydroxylation is 6. The van der Waals surface area contributed by atoms with Gasteiger partial charge in [0.25, 0.3) is 5.92 Å². The van der Waals surface area contributed by atoms with Gasteiger partial charge in [-0.1, -0.05) is 29.5 Å². The number of carboxylic acids is 1. The molecule has 1 saturated carbocycles. The number of nitrogens with zero attached hydrogens (tertiary/aromatic N) is 14. The second-order valence-corrected chi connectivity index (χ2v) is 40.2. The van der Waals surface area contributed by atoms with Gasteiger partial charge in [-0.3, -0.25) is 19.3 Å². The van der Waals surface area contributed by atoms with E-state index in [0.717, 1.165) is 59.5 Å². The molecule has 32 nitrogen and oxygen atoms in total. The van der Waals surface area contributed by atoms with Crippen LogP contribution >= 0.6 is 59.4 Å². The van der Waals surface area contributed by atoms with Crippen molar-refractivity contribution in [1.82, 2.24) is 88.1 Å². The predicted octanol–water partition coefficient (Wildman–Crippen LogP) is 16.2. The predicted molar refractivity (Wildman–Crippen MR) is 535 cm³/mol. The summed E-state index contributed by atoms with van der Waals surface area (Å²) in [6.45, 7) is 30.1. The number of ether oxygens (including phenoxy) is 1. The van der Waals surface area contributed by atoms with Crippen molar-refractivity contribution in [3.63, 3.8) is 0 Å². The fourth-order valence-electron chi connectivity index (χ4n) is 15.8. The lowest BCUT2D eigenvalue weighted by atomic mass is 9.78. The molecule has 11 N–H and O–H groups in total. The van der Waals surface area contributed by atoms with Gasteiger partial charge < -0.3 is 40.8 Å². The number of aromatic nitrogens is 18. The van der Waals surface area contributed by atoms with Crippen LogP contribution in [0.25, 0.3) is 44.8 Å². The Morgan fingerprint density at radius 1 is 0.566 bits per heavy atom. The molecule has 0 radical (unpaired) electrons. The van der Waals surface area contributed by atoms with E-state index in [0.29, 0.717) is 102 Å². The Kier molecular flexibility index (Phi) is 33.6. The average molecular weight is 2220 g/mol. The van der Waals surface area contributed by atoms with Crippen LogP contribution in [0.2, 0.25) is 5.15 Å². The van der Waals surface area contributed by atoms with Crippen LogP contribution in [0, 0.1) is 94.4 Å². The van der Waals surface area contributed by atoms with Crippen LogP contribution in [0.1, 0.15) is 198 Å². The van der Waals surface area contributed by atoms with E-state index in [2.05, 4.69) is 132 Å². The molecule has 46 heteroatoms. The lowest BCUT2D eigenvalue weighted by Gasteiger charge is -2.32. The van der Waals surface area contributed by atoms with Crippen LogP contribution in [-0.2, 0) is 61.7 Å². The molecule has 2 aromatic carbocycles. The lowest BCUT2D eigenvalue weighted by molar-refractivity contribution is -0.155. The van der Waals surface area contributed by atoms with Gasteiger partial charge >= 0.3 is 48.0 Å². The summed E-state index contributed by atoms with van der Waals surface area (Å²) in [5.74, 6) is 0.100. The lowest BCUT2D eigenvalue weighted by Crippen LogP contribution is -2.41. The molecule has 2 fully saturated rings. The van der Waals surface area contributed by atoms with Crippen molar-refractivity contribution in [3.05, 3.63) is 308 Å². The highest BCUT2D eigenvalue weighted by Gasteiger charge is 2.68. The Hall–Kier alpha value is -13.1. The third-order valence-corrected chi connectivity index (χ3v) is 26.0. The summed E-state index contributed by atoms with van der Waals surface area (Å²) in [7, 11) is -0.480. The molecule has 18 rings (SSSR count). The van der Waals surface area contributed by atoms with Crippen molar-refractivity contribution in [1.29, 1.82) is 0 Å². The van der Waals surface area contributed by atoms with Gasteiger partial charge in [-0.2, -0.15) is 47.4 Å². The summed E-state index contributed by atoms with van der Waals surface area (Å²) < 4.78 is 149. The quantitative estimate of drug-likeness (QED) is 0.0160. The minimum Gasteiger partial charge on any atom is -0.480 e. The fourth-order valence-corrected chi connectivity index (χ4v) is 16.8. The second-order valence-electron chi connectivity index (χ2n) is 37.2. The van der Waals surface area contributed by atoms with Crippen LogP contribution in [0.4, 0.5) is 39.5 Å². The summed E-state index contributed by atoms with van der Waals surface area (Å²) in [4.78, 5) is 88.9. The Bertz CT molecular complexity index is 7790. The minimum atomic E-state index is -4.86. The maximum Gasteiger partial charge on any atom is 0.496 e. The number of esters is 1. The van der Waals surface area contributed by atoms with Crippen LogP contribution < -0.4 is 39.7 Å². The molecule has 13 aromatic heterocycles. The fraction of sp³-hybridized carbons (Fsp3) is 0.343. The summed E-state index contributed by atoms with van der Waals surface area (Å²) >= 11 is 15.6. The van der Waals surface area contributed by atoms with E-state index in [-0.39, 0.29) is 47.4 Å². The number of aliphatic hydroxyl groups is 2. The summed E-state index contributed by atoms with van der Waals surface area (Å²) in [6, 6.07) is 34.4. The van der Waals surface area contributed by atoms with Gasteiger partial charge in [0, 0.05) is 100.0 Å².